The van der Waals surface area contributed by atoms with Gasteiger partial charge >= 0.3 is 0 Å². The molecule has 3 aromatic rings. The Bertz CT molecular complexity index is 851. The number of thiophene rings is 1. The summed E-state index contributed by atoms with van der Waals surface area (Å²) in [5.74, 6) is -0.0700. The third-order valence-corrected chi connectivity index (χ3v) is 6.05. The van der Waals surface area contributed by atoms with Crippen molar-refractivity contribution in [3.63, 3.8) is 0 Å². The highest BCUT2D eigenvalue weighted by Gasteiger charge is 2.15. The van der Waals surface area contributed by atoms with Gasteiger partial charge in [-0.1, -0.05) is 18.2 Å². The highest BCUT2D eigenvalue weighted by molar-refractivity contribution is 7.14. The van der Waals surface area contributed by atoms with Crippen molar-refractivity contribution >= 4 is 39.4 Å². The average Bonchev–Trinajstić information content (AvgIpc) is 3.35. The molecule has 1 amide bonds. The molecule has 0 unspecified atom stereocenters. The largest absolute Gasteiger partial charge is 0.348 e. The number of nitrogens with one attached hydrogen (secondary N) is 1. The van der Waals surface area contributed by atoms with Crippen LogP contribution in [0.1, 0.15) is 28.9 Å². The minimum atomic E-state index is -0.0700. The Balaban J connectivity index is 1.51. The van der Waals surface area contributed by atoms with Crippen molar-refractivity contribution in [3.05, 3.63) is 52.0 Å². The van der Waals surface area contributed by atoms with Crippen LogP contribution in [0, 0.1) is 0 Å². The molecule has 0 bridgehead atoms. The van der Waals surface area contributed by atoms with Gasteiger partial charge in [0.2, 0.25) is 0 Å². The molecule has 1 N–H and O–H groups in total. The number of carbonyl (C=O) groups excluding carboxylic acids is 1. The van der Waals surface area contributed by atoms with Crippen LogP contribution in [0.5, 0.6) is 0 Å². The molecule has 128 valence electrons. The van der Waals surface area contributed by atoms with E-state index in [4.69, 9.17) is 4.98 Å². The first-order chi connectivity index (χ1) is 12.3. The SMILES string of the molecule is O=C(Nc1cccc(-c2csc(N3CCCCC3)n2)c1)c1cccs1. The summed E-state index contributed by atoms with van der Waals surface area (Å²) in [5.41, 5.74) is 2.80. The lowest BCUT2D eigenvalue weighted by Gasteiger charge is -2.25. The molecule has 0 radical (unpaired) electrons. The monoisotopic (exact) mass is 369 g/mol. The van der Waals surface area contributed by atoms with Crippen LogP contribution < -0.4 is 10.2 Å². The van der Waals surface area contributed by atoms with Gasteiger partial charge < -0.3 is 10.2 Å². The number of rotatable bonds is 4. The van der Waals surface area contributed by atoms with E-state index < -0.39 is 0 Å². The first-order valence-corrected chi connectivity index (χ1v) is 10.2. The minimum Gasteiger partial charge on any atom is -0.348 e. The number of aromatic nitrogens is 1. The van der Waals surface area contributed by atoms with Crippen molar-refractivity contribution in [1.82, 2.24) is 4.98 Å². The lowest BCUT2D eigenvalue weighted by molar-refractivity contribution is 0.103. The van der Waals surface area contributed by atoms with Crippen molar-refractivity contribution in [3.8, 4) is 11.3 Å². The van der Waals surface area contributed by atoms with Crippen LogP contribution in [0.2, 0.25) is 0 Å². The van der Waals surface area contributed by atoms with Crippen molar-refractivity contribution in [1.29, 1.82) is 0 Å². The fourth-order valence-electron chi connectivity index (χ4n) is 2.98. The molecule has 1 aromatic carbocycles. The Kier molecular flexibility index (Phi) is 4.81. The van der Waals surface area contributed by atoms with E-state index in [0.717, 1.165) is 35.2 Å². The van der Waals surface area contributed by atoms with Gasteiger partial charge in [-0.05, 0) is 42.8 Å². The van der Waals surface area contributed by atoms with Crippen LogP contribution in [0.15, 0.2) is 47.2 Å². The van der Waals surface area contributed by atoms with Crippen LogP contribution in [0.25, 0.3) is 11.3 Å². The summed E-state index contributed by atoms with van der Waals surface area (Å²) in [5, 5.41) is 8.07. The number of piperidine rings is 1. The van der Waals surface area contributed by atoms with Gasteiger partial charge in [0.15, 0.2) is 5.13 Å². The Morgan fingerprint density at radius 2 is 1.96 bits per heavy atom. The van der Waals surface area contributed by atoms with E-state index in [1.807, 2.05) is 41.8 Å². The maximum atomic E-state index is 12.2. The molecular weight excluding hydrogens is 350 g/mol. The number of hydrogen-bond donors (Lipinski definition) is 1. The fraction of sp³-hybridized carbons (Fsp3) is 0.263. The second kappa shape index (κ2) is 7.37. The molecular formula is C19H19N3OS2. The van der Waals surface area contributed by atoms with Gasteiger partial charge in [0.05, 0.1) is 10.6 Å². The van der Waals surface area contributed by atoms with Crippen molar-refractivity contribution in [2.24, 2.45) is 0 Å². The van der Waals surface area contributed by atoms with Gasteiger partial charge in [-0.25, -0.2) is 4.98 Å². The Morgan fingerprint density at radius 1 is 1.08 bits per heavy atom. The van der Waals surface area contributed by atoms with Gasteiger partial charge in [-0.3, -0.25) is 4.79 Å². The number of nitrogens with zero attached hydrogens (tertiary/aromatic N) is 2. The zero-order chi connectivity index (χ0) is 17.1. The molecule has 25 heavy (non-hydrogen) atoms. The lowest BCUT2D eigenvalue weighted by Crippen LogP contribution is -2.29. The van der Waals surface area contributed by atoms with Crippen molar-refractivity contribution < 1.29 is 4.79 Å². The van der Waals surface area contributed by atoms with E-state index >= 15 is 0 Å². The summed E-state index contributed by atoms with van der Waals surface area (Å²) in [7, 11) is 0. The molecule has 2 aromatic heterocycles. The predicted octanol–water partition coefficient (Wildman–Crippen LogP) is 5.11. The smallest absolute Gasteiger partial charge is 0.265 e. The number of carbonyl (C=O) groups is 1. The van der Waals surface area contributed by atoms with Gasteiger partial charge in [-0.2, -0.15) is 0 Å². The predicted molar refractivity (Wildman–Crippen MR) is 106 cm³/mol. The number of hydrogen-bond acceptors (Lipinski definition) is 5. The summed E-state index contributed by atoms with van der Waals surface area (Å²) in [6, 6.07) is 11.6. The minimum absolute atomic E-state index is 0.0700. The quantitative estimate of drug-likeness (QED) is 0.695. The molecule has 3 heterocycles. The maximum Gasteiger partial charge on any atom is 0.265 e. The van der Waals surface area contributed by atoms with Crippen LogP contribution in [-0.2, 0) is 0 Å². The van der Waals surface area contributed by atoms with E-state index in [1.165, 1.54) is 30.6 Å². The zero-order valence-corrected chi connectivity index (χ0v) is 15.4. The maximum absolute atomic E-state index is 12.2. The highest BCUT2D eigenvalue weighted by atomic mass is 32.1. The number of anilines is 2. The fourth-order valence-corrected chi connectivity index (χ4v) is 4.49. The molecule has 1 aliphatic rings. The second-order valence-corrected chi connectivity index (χ2v) is 7.86. The third kappa shape index (κ3) is 3.75. The second-order valence-electron chi connectivity index (χ2n) is 6.08. The molecule has 0 aliphatic carbocycles. The molecule has 0 atom stereocenters. The van der Waals surface area contributed by atoms with Crippen molar-refractivity contribution in [2.75, 3.05) is 23.3 Å². The molecule has 1 saturated heterocycles. The van der Waals surface area contributed by atoms with E-state index in [2.05, 4.69) is 15.6 Å². The van der Waals surface area contributed by atoms with Crippen LogP contribution in [0.4, 0.5) is 10.8 Å². The van der Waals surface area contributed by atoms with Gasteiger partial charge in [0.25, 0.3) is 5.91 Å². The first kappa shape index (κ1) is 16.3. The van der Waals surface area contributed by atoms with E-state index in [1.54, 1.807) is 11.3 Å². The highest BCUT2D eigenvalue weighted by Crippen LogP contribution is 2.30. The number of amides is 1. The topological polar surface area (TPSA) is 45.2 Å². The van der Waals surface area contributed by atoms with Gasteiger partial charge in [0, 0.05) is 29.7 Å². The average molecular weight is 370 g/mol. The summed E-state index contributed by atoms with van der Waals surface area (Å²) in [4.78, 5) is 20.1. The molecule has 1 aliphatic heterocycles. The lowest BCUT2D eigenvalue weighted by atomic mass is 10.1. The summed E-state index contributed by atoms with van der Waals surface area (Å²) < 4.78 is 0. The number of benzene rings is 1. The Hall–Kier alpha value is -2.18. The molecule has 1 fully saturated rings. The number of thiazole rings is 1. The van der Waals surface area contributed by atoms with E-state index in [-0.39, 0.29) is 5.91 Å². The van der Waals surface area contributed by atoms with Crippen LogP contribution in [-0.4, -0.2) is 24.0 Å². The first-order valence-electron chi connectivity index (χ1n) is 8.45. The third-order valence-electron chi connectivity index (χ3n) is 4.28. The molecule has 0 spiro atoms. The van der Waals surface area contributed by atoms with E-state index in [0.29, 0.717) is 4.88 Å². The Labute approximate surface area is 155 Å². The molecule has 4 nitrogen and oxygen atoms in total. The van der Waals surface area contributed by atoms with Gasteiger partial charge in [0.1, 0.15) is 0 Å². The van der Waals surface area contributed by atoms with Gasteiger partial charge in [-0.15, -0.1) is 22.7 Å². The molecule has 4 rings (SSSR count). The normalized spacial score (nSPS) is 14.5. The Morgan fingerprint density at radius 3 is 2.76 bits per heavy atom. The van der Waals surface area contributed by atoms with Crippen LogP contribution in [0.3, 0.4) is 0 Å². The zero-order valence-electron chi connectivity index (χ0n) is 13.8. The summed E-state index contributed by atoms with van der Waals surface area (Å²) in [6.45, 7) is 2.20. The van der Waals surface area contributed by atoms with Crippen LogP contribution >= 0.6 is 22.7 Å². The summed E-state index contributed by atoms with van der Waals surface area (Å²) in [6.07, 6.45) is 3.82. The van der Waals surface area contributed by atoms with Crippen molar-refractivity contribution in [2.45, 2.75) is 19.3 Å². The molecule has 6 heteroatoms. The standard InChI is InChI=1S/C19H19N3OS2/c23-18(17-8-5-11-24-17)20-15-7-4-6-14(12-15)16-13-25-19(21-16)22-9-2-1-3-10-22/h4-8,11-13H,1-3,9-10H2,(H,20,23). The van der Waals surface area contributed by atoms with E-state index in [9.17, 15) is 4.79 Å². The molecule has 0 saturated carbocycles. The summed E-state index contributed by atoms with van der Waals surface area (Å²) >= 11 is 3.14.